The Morgan fingerprint density at radius 3 is 2.51 bits per heavy atom. The fourth-order valence-electron chi connectivity index (χ4n) is 3.44. The molecule has 1 aromatic heterocycles. The molecule has 0 aliphatic heterocycles. The van der Waals surface area contributed by atoms with Crippen molar-refractivity contribution in [2.75, 3.05) is 7.11 Å². The second-order valence-electron chi connectivity index (χ2n) is 8.12. The molecule has 1 atom stereocenters. The van der Waals surface area contributed by atoms with Crippen LogP contribution in [-0.4, -0.2) is 33.8 Å². The van der Waals surface area contributed by atoms with Gasteiger partial charge in [0, 0.05) is 28.6 Å². The first-order valence-corrected chi connectivity index (χ1v) is 12.4. The van der Waals surface area contributed by atoms with Crippen LogP contribution in [0.25, 0.3) is 17.1 Å². The lowest BCUT2D eigenvalue weighted by Gasteiger charge is -2.12. The molecule has 35 heavy (non-hydrogen) atoms. The highest BCUT2D eigenvalue weighted by Gasteiger charge is 2.17. The minimum atomic E-state index is -0.309. The fourth-order valence-corrected chi connectivity index (χ4v) is 4.35. The third-order valence-corrected chi connectivity index (χ3v) is 6.62. The normalized spacial score (nSPS) is 11.8. The Kier molecular flexibility index (Phi) is 7.82. The number of hydrogen-bond acceptors (Lipinski definition) is 5. The molecule has 1 N–H and O–H groups in total. The fraction of sp³-hybridized carbons (Fsp3) is 0.222. The van der Waals surface area contributed by atoms with E-state index in [0.29, 0.717) is 28.0 Å². The monoisotopic (exact) mass is 490 g/mol. The third-order valence-electron chi connectivity index (χ3n) is 5.62. The van der Waals surface area contributed by atoms with Crippen LogP contribution >= 0.6 is 11.8 Å². The van der Waals surface area contributed by atoms with Crippen LogP contribution in [0.2, 0.25) is 0 Å². The molecule has 0 saturated carbocycles. The van der Waals surface area contributed by atoms with Gasteiger partial charge in [-0.1, -0.05) is 43.0 Å². The number of methoxy groups -OCH3 is 1. The van der Waals surface area contributed by atoms with Gasteiger partial charge in [-0.15, -0.1) is 10.2 Å². The second-order valence-corrected chi connectivity index (χ2v) is 9.06. The topological polar surface area (TPSA) is 69.0 Å². The molecule has 0 saturated heterocycles. The van der Waals surface area contributed by atoms with E-state index in [2.05, 4.69) is 15.5 Å². The standard InChI is InChI=1S/C27H27FN4O2S/c1-4-18(2)29-26(33)20-10-8-19(9-11-20)17-35-27-31-30-25(21-6-5-7-24(16-21)34-3)32(27)23-14-12-22(28)13-15-23/h5-16,18H,4,17H2,1-3H3,(H,29,33). The molecule has 4 rings (SSSR count). The molecule has 1 heterocycles. The maximum Gasteiger partial charge on any atom is 0.251 e. The van der Waals surface area contributed by atoms with Gasteiger partial charge < -0.3 is 10.1 Å². The Bertz CT molecular complexity index is 1290. The smallest absolute Gasteiger partial charge is 0.251 e. The summed E-state index contributed by atoms with van der Waals surface area (Å²) in [6.07, 6.45) is 0.882. The van der Waals surface area contributed by atoms with E-state index in [0.717, 1.165) is 23.2 Å². The lowest BCUT2D eigenvalue weighted by molar-refractivity contribution is 0.0939. The molecule has 0 aliphatic carbocycles. The largest absolute Gasteiger partial charge is 0.497 e. The van der Waals surface area contributed by atoms with E-state index in [1.54, 1.807) is 19.2 Å². The van der Waals surface area contributed by atoms with Gasteiger partial charge in [0.25, 0.3) is 5.91 Å². The summed E-state index contributed by atoms with van der Waals surface area (Å²) >= 11 is 1.52. The van der Waals surface area contributed by atoms with Crippen molar-refractivity contribution in [3.8, 4) is 22.8 Å². The number of hydrogen-bond donors (Lipinski definition) is 1. The van der Waals surface area contributed by atoms with Crippen LogP contribution in [0.15, 0.2) is 78.0 Å². The predicted octanol–water partition coefficient (Wildman–Crippen LogP) is 5.90. The highest BCUT2D eigenvalue weighted by atomic mass is 32.2. The van der Waals surface area contributed by atoms with Crippen LogP contribution in [0.5, 0.6) is 5.75 Å². The van der Waals surface area contributed by atoms with Crippen molar-refractivity contribution in [3.05, 3.63) is 89.7 Å². The van der Waals surface area contributed by atoms with Crippen LogP contribution in [0, 0.1) is 5.82 Å². The van der Waals surface area contributed by atoms with Crippen LogP contribution in [0.3, 0.4) is 0 Å². The predicted molar refractivity (Wildman–Crippen MR) is 137 cm³/mol. The zero-order valence-corrected chi connectivity index (χ0v) is 20.7. The first-order chi connectivity index (χ1) is 17.0. The van der Waals surface area contributed by atoms with Crippen molar-refractivity contribution in [1.82, 2.24) is 20.1 Å². The van der Waals surface area contributed by atoms with Crippen molar-refractivity contribution in [2.24, 2.45) is 0 Å². The summed E-state index contributed by atoms with van der Waals surface area (Å²) in [5.74, 6) is 1.59. The molecule has 1 amide bonds. The van der Waals surface area contributed by atoms with Crippen molar-refractivity contribution in [1.29, 1.82) is 0 Å². The van der Waals surface area contributed by atoms with Crippen LogP contribution in [-0.2, 0) is 5.75 Å². The van der Waals surface area contributed by atoms with Gasteiger partial charge in [0.15, 0.2) is 11.0 Å². The molecule has 0 radical (unpaired) electrons. The van der Waals surface area contributed by atoms with Gasteiger partial charge in [-0.2, -0.15) is 0 Å². The number of nitrogens with one attached hydrogen (secondary N) is 1. The van der Waals surface area contributed by atoms with Gasteiger partial charge in [-0.25, -0.2) is 4.39 Å². The summed E-state index contributed by atoms with van der Waals surface area (Å²) in [6.45, 7) is 4.02. The maximum absolute atomic E-state index is 13.6. The summed E-state index contributed by atoms with van der Waals surface area (Å²) in [4.78, 5) is 12.3. The maximum atomic E-state index is 13.6. The highest BCUT2D eigenvalue weighted by molar-refractivity contribution is 7.98. The molecular formula is C27H27FN4O2S. The van der Waals surface area contributed by atoms with Crippen LogP contribution in [0.1, 0.15) is 36.2 Å². The summed E-state index contributed by atoms with van der Waals surface area (Å²) in [7, 11) is 1.62. The molecule has 0 aliphatic rings. The van der Waals surface area contributed by atoms with E-state index in [-0.39, 0.29) is 17.8 Å². The Morgan fingerprint density at radius 2 is 1.83 bits per heavy atom. The Balaban J connectivity index is 1.58. The number of thioether (sulfide) groups is 1. The lowest BCUT2D eigenvalue weighted by atomic mass is 10.1. The van der Waals surface area contributed by atoms with Gasteiger partial charge in [0.05, 0.1) is 7.11 Å². The Hall–Kier alpha value is -3.65. The number of ether oxygens (including phenoxy) is 1. The quantitative estimate of drug-likeness (QED) is 0.296. The zero-order valence-electron chi connectivity index (χ0n) is 19.9. The molecule has 3 aromatic carbocycles. The van der Waals surface area contributed by atoms with E-state index in [1.807, 2.05) is 66.9 Å². The minimum absolute atomic E-state index is 0.0717. The average molecular weight is 491 g/mol. The van der Waals surface area contributed by atoms with E-state index >= 15 is 0 Å². The van der Waals surface area contributed by atoms with Crippen LogP contribution < -0.4 is 10.1 Å². The summed E-state index contributed by atoms with van der Waals surface area (Å²) in [6, 6.07) is 21.5. The van der Waals surface area contributed by atoms with Gasteiger partial charge in [-0.05, 0) is 67.4 Å². The minimum Gasteiger partial charge on any atom is -0.497 e. The van der Waals surface area contributed by atoms with E-state index < -0.39 is 0 Å². The number of benzene rings is 3. The summed E-state index contributed by atoms with van der Waals surface area (Å²) < 4.78 is 20.9. The SMILES string of the molecule is CCC(C)NC(=O)c1ccc(CSc2nnc(-c3cccc(OC)c3)n2-c2ccc(F)cc2)cc1. The number of amides is 1. The molecule has 0 bridgehead atoms. The molecule has 180 valence electrons. The highest BCUT2D eigenvalue weighted by Crippen LogP contribution is 2.31. The number of nitrogens with zero attached hydrogens (tertiary/aromatic N) is 3. The summed E-state index contributed by atoms with van der Waals surface area (Å²) in [5, 5.41) is 12.5. The summed E-state index contributed by atoms with van der Waals surface area (Å²) in [5.41, 5.74) is 3.28. The average Bonchev–Trinajstić information content (AvgIpc) is 3.32. The third kappa shape index (κ3) is 5.89. The zero-order chi connectivity index (χ0) is 24.8. The van der Waals surface area contributed by atoms with Crippen molar-refractivity contribution in [3.63, 3.8) is 0 Å². The molecular weight excluding hydrogens is 463 g/mol. The van der Waals surface area contributed by atoms with Crippen molar-refractivity contribution in [2.45, 2.75) is 37.2 Å². The first-order valence-electron chi connectivity index (χ1n) is 11.4. The van der Waals surface area contributed by atoms with E-state index in [1.165, 1.54) is 23.9 Å². The Morgan fingerprint density at radius 1 is 1.09 bits per heavy atom. The number of carbonyl (C=O) groups excluding carboxylic acids is 1. The van der Waals surface area contributed by atoms with Gasteiger partial charge in [0.2, 0.25) is 0 Å². The van der Waals surface area contributed by atoms with E-state index in [9.17, 15) is 9.18 Å². The molecule has 1 unspecified atom stereocenters. The molecule has 0 spiro atoms. The van der Waals surface area contributed by atoms with Crippen molar-refractivity contribution < 1.29 is 13.9 Å². The second kappa shape index (κ2) is 11.2. The van der Waals surface area contributed by atoms with Crippen molar-refractivity contribution >= 4 is 17.7 Å². The van der Waals surface area contributed by atoms with Gasteiger partial charge >= 0.3 is 0 Å². The molecule has 0 fully saturated rings. The molecule has 8 heteroatoms. The number of halogens is 1. The van der Waals surface area contributed by atoms with Gasteiger partial charge in [0.1, 0.15) is 11.6 Å². The number of aromatic nitrogens is 3. The van der Waals surface area contributed by atoms with E-state index in [4.69, 9.17) is 4.74 Å². The lowest BCUT2D eigenvalue weighted by Crippen LogP contribution is -2.31. The number of carbonyl (C=O) groups is 1. The molecule has 4 aromatic rings. The first kappa shape index (κ1) is 24.5. The molecule has 6 nitrogen and oxygen atoms in total. The van der Waals surface area contributed by atoms with Crippen LogP contribution in [0.4, 0.5) is 4.39 Å². The van der Waals surface area contributed by atoms with Gasteiger partial charge in [-0.3, -0.25) is 9.36 Å². The Labute approximate surface area is 208 Å². The number of rotatable bonds is 9.